The molecule has 1 amide bonds. The zero-order valence-electron chi connectivity index (χ0n) is 12.1. The van der Waals surface area contributed by atoms with Gasteiger partial charge in [0.05, 0.1) is 7.11 Å². The number of benzene rings is 2. The molecule has 0 saturated carbocycles. The Labute approximate surface area is 128 Å². The van der Waals surface area contributed by atoms with Gasteiger partial charge in [-0.15, -0.1) is 11.8 Å². The van der Waals surface area contributed by atoms with E-state index in [2.05, 4.69) is 5.32 Å². The molecule has 0 bridgehead atoms. The summed E-state index contributed by atoms with van der Waals surface area (Å²) in [5.74, 6) is 1.51. The van der Waals surface area contributed by atoms with Gasteiger partial charge in [-0.25, -0.2) is 0 Å². The molecule has 0 aliphatic heterocycles. The van der Waals surface area contributed by atoms with Gasteiger partial charge < -0.3 is 15.8 Å². The Morgan fingerprint density at radius 3 is 2.57 bits per heavy atom. The molecule has 3 N–H and O–H groups in total. The van der Waals surface area contributed by atoms with Gasteiger partial charge in [-0.05, 0) is 42.0 Å². The summed E-state index contributed by atoms with van der Waals surface area (Å²) >= 11 is 1.71. The summed E-state index contributed by atoms with van der Waals surface area (Å²) in [4.78, 5) is 12.1. The second-order valence-electron chi connectivity index (χ2n) is 4.61. The molecular weight excluding hydrogens is 284 g/mol. The summed E-state index contributed by atoms with van der Waals surface area (Å²) in [6, 6.07) is 13.5. The van der Waals surface area contributed by atoms with Gasteiger partial charge in [0.2, 0.25) is 5.91 Å². The number of anilines is 2. The summed E-state index contributed by atoms with van der Waals surface area (Å²) in [5, 5.41) is 2.75. The summed E-state index contributed by atoms with van der Waals surface area (Å²) in [7, 11) is 1.63. The molecule has 2 aromatic carbocycles. The Bertz CT molecular complexity index is 627. The van der Waals surface area contributed by atoms with E-state index in [0.29, 0.717) is 5.69 Å². The van der Waals surface area contributed by atoms with E-state index in [1.807, 2.05) is 36.4 Å². The maximum absolute atomic E-state index is 11.0. The number of nitrogen functional groups attached to an aromatic ring is 1. The third-order valence-corrected chi connectivity index (χ3v) is 3.89. The lowest BCUT2D eigenvalue weighted by molar-refractivity contribution is -0.114. The van der Waals surface area contributed by atoms with Crippen molar-refractivity contribution in [2.75, 3.05) is 18.2 Å². The van der Waals surface area contributed by atoms with E-state index in [0.717, 1.165) is 27.6 Å². The number of rotatable bonds is 5. The lowest BCUT2D eigenvalue weighted by Gasteiger charge is -2.07. The van der Waals surface area contributed by atoms with E-state index >= 15 is 0 Å². The second-order valence-corrected chi connectivity index (χ2v) is 5.66. The van der Waals surface area contributed by atoms with E-state index in [9.17, 15) is 4.79 Å². The minimum Gasteiger partial charge on any atom is -0.497 e. The molecule has 0 aromatic heterocycles. The summed E-state index contributed by atoms with van der Waals surface area (Å²) in [5.41, 5.74) is 8.46. The highest BCUT2D eigenvalue weighted by Crippen LogP contribution is 2.27. The van der Waals surface area contributed by atoms with Crippen molar-refractivity contribution < 1.29 is 9.53 Å². The number of hydrogen-bond acceptors (Lipinski definition) is 4. The van der Waals surface area contributed by atoms with Gasteiger partial charge in [0.1, 0.15) is 5.75 Å². The van der Waals surface area contributed by atoms with Crippen molar-refractivity contribution in [1.29, 1.82) is 0 Å². The van der Waals surface area contributed by atoms with Gasteiger partial charge in [-0.2, -0.15) is 0 Å². The van der Waals surface area contributed by atoms with Crippen LogP contribution in [-0.2, 0) is 10.5 Å². The van der Waals surface area contributed by atoms with Crippen LogP contribution < -0.4 is 15.8 Å². The van der Waals surface area contributed by atoms with E-state index < -0.39 is 0 Å². The molecule has 0 fully saturated rings. The molecule has 0 aliphatic rings. The first-order chi connectivity index (χ1) is 10.1. The molecule has 0 radical (unpaired) electrons. The highest BCUT2D eigenvalue weighted by molar-refractivity contribution is 7.98. The quantitative estimate of drug-likeness (QED) is 0.655. The lowest BCUT2D eigenvalue weighted by atomic mass is 10.2. The normalized spacial score (nSPS) is 10.2. The maximum atomic E-state index is 11.0. The highest BCUT2D eigenvalue weighted by Gasteiger charge is 2.02. The van der Waals surface area contributed by atoms with Crippen LogP contribution in [0.5, 0.6) is 5.75 Å². The third-order valence-electron chi connectivity index (χ3n) is 2.80. The van der Waals surface area contributed by atoms with Crippen molar-refractivity contribution in [3.05, 3.63) is 48.0 Å². The smallest absolute Gasteiger partial charge is 0.221 e. The number of carbonyl (C=O) groups is 1. The van der Waals surface area contributed by atoms with Gasteiger partial charge in [0.25, 0.3) is 0 Å². The Balaban J connectivity index is 1.99. The van der Waals surface area contributed by atoms with Crippen molar-refractivity contribution in [1.82, 2.24) is 0 Å². The van der Waals surface area contributed by atoms with E-state index in [1.165, 1.54) is 6.92 Å². The molecule has 5 heteroatoms. The van der Waals surface area contributed by atoms with Crippen molar-refractivity contribution in [3.8, 4) is 5.75 Å². The zero-order chi connectivity index (χ0) is 15.2. The van der Waals surface area contributed by atoms with Gasteiger partial charge in [-0.1, -0.05) is 0 Å². The van der Waals surface area contributed by atoms with E-state index in [1.54, 1.807) is 24.9 Å². The Morgan fingerprint density at radius 2 is 1.95 bits per heavy atom. The van der Waals surface area contributed by atoms with Gasteiger partial charge in [-0.3, -0.25) is 4.79 Å². The molecule has 0 saturated heterocycles. The maximum Gasteiger partial charge on any atom is 0.221 e. The van der Waals surface area contributed by atoms with Crippen LogP contribution in [0, 0.1) is 0 Å². The fourth-order valence-electron chi connectivity index (χ4n) is 1.89. The van der Waals surface area contributed by atoms with Crippen molar-refractivity contribution in [3.63, 3.8) is 0 Å². The third kappa shape index (κ3) is 4.72. The molecule has 0 aliphatic carbocycles. The monoisotopic (exact) mass is 302 g/mol. The predicted octanol–water partition coefficient (Wildman–Crippen LogP) is 3.53. The molecule has 21 heavy (non-hydrogen) atoms. The molecule has 0 atom stereocenters. The van der Waals surface area contributed by atoms with Crippen LogP contribution in [0.2, 0.25) is 0 Å². The van der Waals surface area contributed by atoms with E-state index in [-0.39, 0.29) is 5.91 Å². The largest absolute Gasteiger partial charge is 0.497 e. The second kappa shape index (κ2) is 7.04. The topological polar surface area (TPSA) is 64.3 Å². The van der Waals surface area contributed by atoms with Crippen molar-refractivity contribution in [2.45, 2.75) is 17.6 Å². The number of thioether (sulfide) groups is 1. The standard InChI is InChI=1S/C16H18N2O2S/c1-11(19)18-14-3-5-16(6-4-14)21-10-12-7-13(17)9-15(8-12)20-2/h3-9H,10,17H2,1-2H3,(H,18,19). The number of carbonyl (C=O) groups excluding carboxylic acids is 1. The Hall–Kier alpha value is -2.14. The highest BCUT2D eigenvalue weighted by atomic mass is 32.2. The van der Waals surface area contributed by atoms with Gasteiger partial charge in [0.15, 0.2) is 0 Å². The summed E-state index contributed by atoms with van der Waals surface area (Å²) < 4.78 is 5.21. The van der Waals surface area contributed by atoms with E-state index in [4.69, 9.17) is 10.5 Å². The number of nitrogens with one attached hydrogen (secondary N) is 1. The van der Waals surface area contributed by atoms with Crippen LogP contribution in [0.25, 0.3) is 0 Å². The molecule has 110 valence electrons. The molecule has 0 spiro atoms. The molecule has 0 heterocycles. The first kappa shape index (κ1) is 15.3. The number of amides is 1. The Morgan fingerprint density at radius 1 is 1.24 bits per heavy atom. The fraction of sp³-hybridized carbons (Fsp3) is 0.188. The van der Waals surface area contributed by atoms with Gasteiger partial charge in [0, 0.05) is 35.0 Å². The summed E-state index contributed by atoms with van der Waals surface area (Å²) in [6.45, 7) is 1.50. The van der Waals surface area contributed by atoms with Crippen LogP contribution in [0.15, 0.2) is 47.4 Å². The van der Waals surface area contributed by atoms with Gasteiger partial charge >= 0.3 is 0 Å². The molecular formula is C16H18N2O2S. The SMILES string of the molecule is COc1cc(N)cc(CSc2ccc(NC(C)=O)cc2)c1. The average molecular weight is 302 g/mol. The van der Waals surface area contributed by atoms with Crippen LogP contribution in [0.4, 0.5) is 11.4 Å². The lowest BCUT2D eigenvalue weighted by Crippen LogP contribution is -2.05. The molecule has 2 rings (SSSR count). The number of nitrogens with two attached hydrogens (primary N) is 1. The first-order valence-corrected chi connectivity index (χ1v) is 7.49. The number of ether oxygens (including phenoxy) is 1. The number of methoxy groups -OCH3 is 1. The molecule has 2 aromatic rings. The molecule has 0 unspecified atom stereocenters. The van der Waals surface area contributed by atoms with Crippen LogP contribution in [0.1, 0.15) is 12.5 Å². The van der Waals surface area contributed by atoms with Crippen molar-refractivity contribution >= 4 is 29.0 Å². The minimum atomic E-state index is -0.0674. The zero-order valence-corrected chi connectivity index (χ0v) is 12.9. The van der Waals surface area contributed by atoms with Crippen LogP contribution in [-0.4, -0.2) is 13.0 Å². The average Bonchev–Trinajstić information content (AvgIpc) is 2.45. The molecule has 4 nitrogen and oxygen atoms in total. The van der Waals surface area contributed by atoms with Crippen molar-refractivity contribution in [2.24, 2.45) is 0 Å². The first-order valence-electron chi connectivity index (χ1n) is 6.50. The summed E-state index contributed by atoms with van der Waals surface area (Å²) in [6.07, 6.45) is 0. The number of hydrogen-bond donors (Lipinski definition) is 2. The fourth-order valence-corrected chi connectivity index (χ4v) is 2.72. The minimum absolute atomic E-state index is 0.0674. The Kier molecular flexibility index (Phi) is 5.11. The van der Waals surface area contributed by atoms with Crippen LogP contribution >= 0.6 is 11.8 Å². The predicted molar refractivity (Wildman–Crippen MR) is 87.7 cm³/mol. The van der Waals surface area contributed by atoms with Crippen LogP contribution in [0.3, 0.4) is 0 Å².